The molecule has 0 fully saturated rings. The van der Waals surface area contributed by atoms with Crippen LogP contribution in [0.25, 0.3) is 0 Å². The largest absolute Gasteiger partial charge is 0.289 e. The summed E-state index contributed by atoms with van der Waals surface area (Å²) in [5.74, 6) is -0.317. The third-order valence-corrected chi connectivity index (χ3v) is 0.602. The van der Waals surface area contributed by atoms with Crippen molar-refractivity contribution in [1.29, 1.82) is 0 Å². The molecular formula is C4H10ClNO2. The van der Waals surface area contributed by atoms with Gasteiger partial charge in [-0.3, -0.25) is 10.0 Å². The number of carbonyl (C=O) groups excluding carboxylic acids is 1. The Kier molecular flexibility index (Phi) is 8.95. The molecule has 0 saturated heterocycles. The van der Waals surface area contributed by atoms with Gasteiger partial charge in [0.05, 0.1) is 0 Å². The number of nitrogens with one attached hydrogen (secondary N) is 1. The van der Waals surface area contributed by atoms with Gasteiger partial charge < -0.3 is 0 Å². The van der Waals surface area contributed by atoms with Gasteiger partial charge in [-0.05, 0) is 6.42 Å². The van der Waals surface area contributed by atoms with Gasteiger partial charge in [0, 0.05) is 6.42 Å². The second-order valence-electron chi connectivity index (χ2n) is 1.28. The standard InChI is InChI=1S/C4H9NO2.ClH/c1-2-3-4(6)5-7;/h7H,2-3H2,1H3,(H,5,6);1H. The zero-order chi connectivity index (χ0) is 5.70. The number of rotatable bonds is 2. The van der Waals surface area contributed by atoms with Crippen molar-refractivity contribution in [2.75, 3.05) is 0 Å². The Morgan fingerprint density at radius 3 is 2.38 bits per heavy atom. The topological polar surface area (TPSA) is 49.3 Å². The first-order chi connectivity index (χ1) is 3.31. The molecule has 0 unspecified atom stereocenters. The summed E-state index contributed by atoms with van der Waals surface area (Å²) >= 11 is 0. The minimum absolute atomic E-state index is 0. The highest BCUT2D eigenvalue weighted by Gasteiger charge is 1.91. The highest BCUT2D eigenvalue weighted by atomic mass is 35.5. The molecule has 0 bridgehead atoms. The van der Waals surface area contributed by atoms with Crippen LogP contribution in [0.5, 0.6) is 0 Å². The zero-order valence-corrected chi connectivity index (χ0v) is 5.49. The van der Waals surface area contributed by atoms with E-state index in [0.717, 1.165) is 6.42 Å². The van der Waals surface area contributed by atoms with Crippen LogP contribution in [0.15, 0.2) is 0 Å². The molecule has 4 heteroatoms. The molecular weight excluding hydrogens is 130 g/mol. The first kappa shape index (κ1) is 10.7. The lowest BCUT2D eigenvalue weighted by molar-refractivity contribution is -0.129. The van der Waals surface area contributed by atoms with E-state index in [1.165, 1.54) is 5.48 Å². The van der Waals surface area contributed by atoms with Crippen molar-refractivity contribution >= 4 is 18.3 Å². The maximum atomic E-state index is 10.1. The highest BCUT2D eigenvalue weighted by Crippen LogP contribution is 1.82. The van der Waals surface area contributed by atoms with Crippen molar-refractivity contribution in [1.82, 2.24) is 5.48 Å². The third-order valence-electron chi connectivity index (χ3n) is 0.602. The smallest absolute Gasteiger partial charge is 0.243 e. The van der Waals surface area contributed by atoms with Crippen LogP contribution in [-0.4, -0.2) is 11.1 Å². The summed E-state index contributed by atoms with van der Waals surface area (Å²) in [4.78, 5) is 10.1. The number of halogens is 1. The van der Waals surface area contributed by atoms with Gasteiger partial charge in [0.2, 0.25) is 5.91 Å². The molecule has 50 valence electrons. The van der Waals surface area contributed by atoms with Crippen LogP contribution in [0.3, 0.4) is 0 Å². The Hall–Kier alpha value is -0.280. The second kappa shape index (κ2) is 6.72. The normalized spacial score (nSPS) is 7.25. The van der Waals surface area contributed by atoms with Crippen molar-refractivity contribution in [3.05, 3.63) is 0 Å². The quantitative estimate of drug-likeness (QED) is 0.438. The molecule has 0 rings (SSSR count). The van der Waals surface area contributed by atoms with Gasteiger partial charge in [-0.1, -0.05) is 6.92 Å². The Labute approximate surface area is 54.4 Å². The van der Waals surface area contributed by atoms with Crippen LogP contribution >= 0.6 is 12.4 Å². The van der Waals surface area contributed by atoms with E-state index in [0.29, 0.717) is 6.42 Å². The molecule has 0 aliphatic heterocycles. The van der Waals surface area contributed by atoms with Crippen molar-refractivity contribution in [3.63, 3.8) is 0 Å². The van der Waals surface area contributed by atoms with Crippen LogP contribution in [0.2, 0.25) is 0 Å². The Morgan fingerprint density at radius 1 is 1.75 bits per heavy atom. The van der Waals surface area contributed by atoms with E-state index in [-0.39, 0.29) is 18.3 Å². The summed E-state index contributed by atoms with van der Waals surface area (Å²) < 4.78 is 0. The number of hydrogen-bond acceptors (Lipinski definition) is 2. The molecule has 8 heavy (non-hydrogen) atoms. The summed E-state index contributed by atoms with van der Waals surface area (Å²) in [6, 6.07) is 0. The summed E-state index contributed by atoms with van der Waals surface area (Å²) in [5.41, 5.74) is 1.53. The molecule has 1 amide bonds. The maximum absolute atomic E-state index is 10.1. The van der Waals surface area contributed by atoms with Gasteiger partial charge >= 0.3 is 0 Å². The molecule has 0 aliphatic carbocycles. The average molecular weight is 140 g/mol. The van der Waals surface area contributed by atoms with Gasteiger partial charge in [0.15, 0.2) is 0 Å². The Balaban J connectivity index is 0. The molecule has 0 aromatic heterocycles. The van der Waals surface area contributed by atoms with E-state index < -0.39 is 0 Å². The number of carbonyl (C=O) groups is 1. The van der Waals surface area contributed by atoms with Crippen LogP contribution in [0.1, 0.15) is 19.8 Å². The molecule has 0 aromatic rings. The lowest BCUT2D eigenvalue weighted by Gasteiger charge is -1.89. The summed E-state index contributed by atoms with van der Waals surface area (Å²) in [6.45, 7) is 1.87. The lowest BCUT2D eigenvalue weighted by atomic mass is 10.3. The van der Waals surface area contributed by atoms with E-state index in [1.54, 1.807) is 0 Å². The van der Waals surface area contributed by atoms with E-state index in [2.05, 4.69) is 0 Å². The molecule has 0 radical (unpaired) electrons. The number of hydrogen-bond donors (Lipinski definition) is 2. The molecule has 0 atom stereocenters. The van der Waals surface area contributed by atoms with Gasteiger partial charge in [-0.2, -0.15) is 0 Å². The minimum Gasteiger partial charge on any atom is -0.289 e. The van der Waals surface area contributed by atoms with Crippen molar-refractivity contribution in [2.24, 2.45) is 0 Å². The van der Waals surface area contributed by atoms with Crippen molar-refractivity contribution < 1.29 is 10.0 Å². The molecule has 0 spiro atoms. The van der Waals surface area contributed by atoms with E-state index in [4.69, 9.17) is 5.21 Å². The van der Waals surface area contributed by atoms with Crippen LogP contribution < -0.4 is 5.48 Å². The maximum Gasteiger partial charge on any atom is 0.243 e. The third kappa shape index (κ3) is 5.72. The molecule has 0 aromatic carbocycles. The van der Waals surface area contributed by atoms with Crippen LogP contribution in [0.4, 0.5) is 0 Å². The predicted octanol–water partition coefficient (Wildman–Crippen LogP) is 0.714. The molecule has 0 heterocycles. The van der Waals surface area contributed by atoms with E-state index >= 15 is 0 Å². The first-order valence-corrected chi connectivity index (χ1v) is 2.24. The van der Waals surface area contributed by atoms with Gasteiger partial charge in [0.1, 0.15) is 0 Å². The van der Waals surface area contributed by atoms with Crippen molar-refractivity contribution in [2.45, 2.75) is 19.8 Å². The first-order valence-electron chi connectivity index (χ1n) is 2.24. The molecule has 0 saturated carbocycles. The monoisotopic (exact) mass is 139 g/mol. The molecule has 2 N–H and O–H groups in total. The fourth-order valence-electron chi connectivity index (χ4n) is 0.283. The van der Waals surface area contributed by atoms with E-state index in [9.17, 15) is 4.79 Å². The second-order valence-corrected chi connectivity index (χ2v) is 1.28. The summed E-state index contributed by atoms with van der Waals surface area (Å²) in [7, 11) is 0. The minimum atomic E-state index is -0.317. The molecule has 0 aliphatic rings. The molecule has 3 nitrogen and oxygen atoms in total. The predicted molar refractivity (Wildman–Crippen MR) is 32.1 cm³/mol. The summed E-state index contributed by atoms with van der Waals surface area (Å²) in [5, 5.41) is 7.87. The van der Waals surface area contributed by atoms with Gasteiger partial charge in [-0.25, -0.2) is 5.48 Å². The van der Waals surface area contributed by atoms with E-state index in [1.807, 2.05) is 6.92 Å². The zero-order valence-electron chi connectivity index (χ0n) is 4.68. The van der Waals surface area contributed by atoms with Crippen LogP contribution in [0, 0.1) is 0 Å². The number of hydroxylamine groups is 1. The van der Waals surface area contributed by atoms with Gasteiger partial charge in [-0.15, -0.1) is 12.4 Å². The lowest BCUT2D eigenvalue weighted by Crippen LogP contribution is -2.17. The average Bonchev–Trinajstić information content (AvgIpc) is 1.68. The fraction of sp³-hybridized carbons (Fsp3) is 0.750. The summed E-state index contributed by atoms with van der Waals surface area (Å²) in [6.07, 6.45) is 1.17. The number of amides is 1. The van der Waals surface area contributed by atoms with Crippen molar-refractivity contribution in [3.8, 4) is 0 Å². The SMILES string of the molecule is CCCC(=O)NO.Cl. The van der Waals surface area contributed by atoms with Gasteiger partial charge in [0.25, 0.3) is 0 Å². The fourth-order valence-corrected chi connectivity index (χ4v) is 0.283. The Morgan fingerprint density at radius 2 is 2.25 bits per heavy atom. The van der Waals surface area contributed by atoms with Crippen LogP contribution in [-0.2, 0) is 4.79 Å². The highest BCUT2D eigenvalue weighted by molar-refractivity contribution is 5.85. The Bertz CT molecular complexity index is 67.1.